The number of hydrogen-bond donors (Lipinski definition) is 2. The summed E-state index contributed by atoms with van der Waals surface area (Å²) in [5.41, 5.74) is 2.37. The van der Waals surface area contributed by atoms with Crippen LogP contribution in [0.5, 0.6) is 5.75 Å². The third-order valence-corrected chi connectivity index (χ3v) is 3.82. The van der Waals surface area contributed by atoms with Gasteiger partial charge in [0.25, 0.3) is 0 Å². The zero-order chi connectivity index (χ0) is 17.5. The van der Waals surface area contributed by atoms with Crippen LogP contribution in [0.25, 0.3) is 0 Å². The van der Waals surface area contributed by atoms with Gasteiger partial charge >= 0.3 is 11.8 Å². The third kappa shape index (κ3) is 5.09. The Labute approximate surface area is 149 Å². The van der Waals surface area contributed by atoms with Gasteiger partial charge in [-0.05, 0) is 55.3 Å². The Morgan fingerprint density at radius 3 is 2.42 bits per heavy atom. The van der Waals surface area contributed by atoms with Crippen molar-refractivity contribution >= 4 is 33.4 Å². The number of rotatable bonds is 5. The minimum absolute atomic E-state index is 0.276. The van der Waals surface area contributed by atoms with E-state index in [0.29, 0.717) is 12.3 Å². The van der Waals surface area contributed by atoms with E-state index in [-0.39, 0.29) is 6.54 Å². The molecule has 2 aromatic rings. The molecule has 0 unspecified atom stereocenters. The number of aryl methyl sites for hydroxylation is 1. The van der Waals surface area contributed by atoms with Gasteiger partial charge in [-0.1, -0.05) is 28.1 Å². The molecule has 0 fully saturated rings. The zero-order valence-electron chi connectivity index (χ0n) is 13.6. The van der Waals surface area contributed by atoms with Gasteiger partial charge in [0.05, 0.1) is 6.61 Å². The smallest absolute Gasteiger partial charge is 0.313 e. The van der Waals surface area contributed by atoms with E-state index in [4.69, 9.17) is 4.74 Å². The van der Waals surface area contributed by atoms with Crippen LogP contribution in [0.4, 0.5) is 5.69 Å². The molecule has 0 spiro atoms. The Hall–Kier alpha value is -2.34. The van der Waals surface area contributed by atoms with E-state index in [1.165, 1.54) is 0 Å². The van der Waals surface area contributed by atoms with Gasteiger partial charge in [0.15, 0.2) is 0 Å². The minimum Gasteiger partial charge on any atom is -0.494 e. The first kappa shape index (κ1) is 18.0. The van der Waals surface area contributed by atoms with Crippen molar-refractivity contribution in [1.29, 1.82) is 0 Å². The Balaban J connectivity index is 1.88. The molecule has 2 rings (SSSR count). The summed E-state index contributed by atoms with van der Waals surface area (Å²) in [6.45, 7) is 4.65. The monoisotopic (exact) mass is 390 g/mol. The molecule has 0 atom stereocenters. The highest BCUT2D eigenvalue weighted by Crippen LogP contribution is 2.19. The number of carbonyl (C=O) groups excluding carboxylic acids is 2. The molecule has 0 aromatic heterocycles. The predicted molar refractivity (Wildman–Crippen MR) is 97.0 cm³/mol. The van der Waals surface area contributed by atoms with Crippen LogP contribution in [-0.4, -0.2) is 18.4 Å². The summed E-state index contributed by atoms with van der Waals surface area (Å²) in [6, 6.07) is 12.8. The highest BCUT2D eigenvalue weighted by Gasteiger charge is 2.14. The van der Waals surface area contributed by atoms with E-state index in [9.17, 15) is 9.59 Å². The largest absolute Gasteiger partial charge is 0.494 e. The van der Waals surface area contributed by atoms with Gasteiger partial charge in [-0.25, -0.2) is 0 Å². The van der Waals surface area contributed by atoms with Crippen LogP contribution in [0, 0.1) is 6.92 Å². The summed E-state index contributed by atoms with van der Waals surface area (Å²) >= 11 is 3.36. The molecule has 5 nitrogen and oxygen atoms in total. The molecule has 0 aliphatic rings. The lowest BCUT2D eigenvalue weighted by Gasteiger charge is -2.09. The molecule has 0 aliphatic carbocycles. The number of benzene rings is 2. The third-order valence-electron chi connectivity index (χ3n) is 3.33. The molecule has 0 heterocycles. The van der Waals surface area contributed by atoms with Crippen molar-refractivity contribution in [3.63, 3.8) is 0 Å². The number of amides is 2. The van der Waals surface area contributed by atoms with Crippen LogP contribution in [0.1, 0.15) is 18.1 Å². The van der Waals surface area contributed by atoms with E-state index in [1.54, 1.807) is 12.1 Å². The van der Waals surface area contributed by atoms with Crippen LogP contribution in [0.15, 0.2) is 46.9 Å². The van der Waals surface area contributed by atoms with E-state index in [1.807, 2.05) is 44.2 Å². The summed E-state index contributed by atoms with van der Waals surface area (Å²) in [5.74, 6) is -0.589. The molecular weight excluding hydrogens is 372 g/mol. The summed E-state index contributed by atoms with van der Waals surface area (Å²) in [7, 11) is 0. The first-order valence-electron chi connectivity index (χ1n) is 7.56. The zero-order valence-corrected chi connectivity index (χ0v) is 15.1. The van der Waals surface area contributed by atoms with E-state index in [0.717, 1.165) is 21.3 Å². The van der Waals surface area contributed by atoms with Crippen molar-refractivity contribution in [1.82, 2.24) is 5.32 Å². The molecule has 0 saturated carbocycles. The second-order valence-corrected chi connectivity index (χ2v) is 6.09. The van der Waals surface area contributed by atoms with Gasteiger partial charge in [-0.2, -0.15) is 0 Å². The van der Waals surface area contributed by atoms with Crippen molar-refractivity contribution in [3.05, 3.63) is 58.1 Å². The van der Waals surface area contributed by atoms with Gasteiger partial charge in [-0.3, -0.25) is 9.59 Å². The molecule has 0 bridgehead atoms. The lowest BCUT2D eigenvalue weighted by atomic mass is 10.2. The standard InChI is InChI=1S/C18H19BrN2O3/c1-3-24-15-7-4-13(5-8-15)11-20-17(22)18(23)21-16-9-6-14(19)10-12(16)2/h4-10H,3,11H2,1-2H3,(H,20,22)(H,21,23). The molecule has 126 valence electrons. The van der Waals surface area contributed by atoms with Crippen molar-refractivity contribution in [2.24, 2.45) is 0 Å². The maximum absolute atomic E-state index is 12.0. The van der Waals surface area contributed by atoms with Crippen LogP contribution in [0.3, 0.4) is 0 Å². The summed E-state index contributed by atoms with van der Waals surface area (Å²) < 4.78 is 6.27. The molecule has 0 saturated heterocycles. The fourth-order valence-corrected chi connectivity index (χ4v) is 2.55. The summed E-state index contributed by atoms with van der Waals surface area (Å²) in [4.78, 5) is 23.9. The van der Waals surface area contributed by atoms with Crippen molar-refractivity contribution in [2.75, 3.05) is 11.9 Å². The number of ether oxygens (including phenoxy) is 1. The first-order valence-corrected chi connectivity index (χ1v) is 8.36. The first-order chi connectivity index (χ1) is 11.5. The highest BCUT2D eigenvalue weighted by molar-refractivity contribution is 9.10. The number of hydrogen-bond acceptors (Lipinski definition) is 3. The maximum atomic E-state index is 12.0. The van der Waals surface area contributed by atoms with Crippen molar-refractivity contribution in [2.45, 2.75) is 20.4 Å². The normalized spacial score (nSPS) is 10.1. The van der Waals surface area contributed by atoms with E-state index < -0.39 is 11.8 Å². The highest BCUT2D eigenvalue weighted by atomic mass is 79.9. The second kappa shape index (κ2) is 8.49. The molecule has 24 heavy (non-hydrogen) atoms. The van der Waals surface area contributed by atoms with Crippen LogP contribution in [-0.2, 0) is 16.1 Å². The Bertz CT molecular complexity index is 730. The van der Waals surface area contributed by atoms with Crippen molar-refractivity contribution in [3.8, 4) is 5.75 Å². The Morgan fingerprint density at radius 2 is 1.79 bits per heavy atom. The van der Waals surface area contributed by atoms with Gasteiger partial charge in [0, 0.05) is 16.7 Å². The maximum Gasteiger partial charge on any atom is 0.313 e. The summed E-state index contributed by atoms with van der Waals surface area (Å²) in [5, 5.41) is 5.21. The Kier molecular flexibility index (Phi) is 6.37. The Morgan fingerprint density at radius 1 is 1.08 bits per heavy atom. The number of anilines is 1. The van der Waals surface area contributed by atoms with Gasteiger partial charge < -0.3 is 15.4 Å². The van der Waals surface area contributed by atoms with E-state index in [2.05, 4.69) is 26.6 Å². The van der Waals surface area contributed by atoms with E-state index >= 15 is 0 Å². The molecule has 2 N–H and O–H groups in total. The lowest BCUT2D eigenvalue weighted by Crippen LogP contribution is -2.35. The number of halogens is 1. The van der Waals surface area contributed by atoms with Gasteiger partial charge in [0.2, 0.25) is 0 Å². The lowest BCUT2D eigenvalue weighted by molar-refractivity contribution is -0.136. The second-order valence-electron chi connectivity index (χ2n) is 5.17. The predicted octanol–water partition coefficient (Wildman–Crippen LogP) is 3.41. The van der Waals surface area contributed by atoms with Gasteiger partial charge in [0.1, 0.15) is 5.75 Å². The molecule has 2 aromatic carbocycles. The quantitative estimate of drug-likeness (QED) is 0.768. The fraction of sp³-hybridized carbons (Fsp3) is 0.222. The fourth-order valence-electron chi connectivity index (χ4n) is 2.08. The van der Waals surface area contributed by atoms with Crippen LogP contribution >= 0.6 is 15.9 Å². The van der Waals surface area contributed by atoms with Gasteiger partial charge in [-0.15, -0.1) is 0 Å². The molecule has 2 amide bonds. The topological polar surface area (TPSA) is 67.4 Å². The average Bonchev–Trinajstić information content (AvgIpc) is 2.56. The molecular formula is C18H19BrN2O3. The minimum atomic E-state index is -0.689. The number of carbonyl (C=O) groups is 2. The number of nitrogens with one attached hydrogen (secondary N) is 2. The molecule has 0 radical (unpaired) electrons. The van der Waals surface area contributed by atoms with Crippen LogP contribution in [0.2, 0.25) is 0 Å². The summed E-state index contributed by atoms with van der Waals surface area (Å²) in [6.07, 6.45) is 0. The average molecular weight is 391 g/mol. The molecule has 6 heteroatoms. The molecule has 0 aliphatic heterocycles. The van der Waals surface area contributed by atoms with Crippen LogP contribution < -0.4 is 15.4 Å². The SMILES string of the molecule is CCOc1ccc(CNC(=O)C(=O)Nc2ccc(Br)cc2C)cc1. The van der Waals surface area contributed by atoms with Crippen molar-refractivity contribution < 1.29 is 14.3 Å².